The van der Waals surface area contributed by atoms with E-state index >= 15 is 0 Å². The Hall–Kier alpha value is -0.0400. The monoisotopic (exact) mass is 153 g/mol. The smallest absolute Gasteiger partial charge is 0.00129 e. The zero-order valence-corrected chi connectivity index (χ0v) is 7.55. The highest BCUT2D eigenvalue weighted by Gasteiger charge is 2.35. The minimum absolute atomic E-state index is 1.08. The molecule has 1 heteroatoms. The van der Waals surface area contributed by atoms with Gasteiger partial charge in [0.1, 0.15) is 0 Å². The van der Waals surface area contributed by atoms with E-state index in [0.29, 0.717) is 0 Å². The first-order valence-electron chi connectivity index (χ1n) is 5.12. The van der Waals surface area contributed by atoms with Crippen molar-refractivity contribution in [1.29, 1.82) is 0 Å². The molecular weight excluding hydrogens is 134 g/mol. The standard InChI is InChI=1S/C10H19N/c1-2-6-11-7-9-4-3-5-10(9)8-11/h9-10H,2-8H2,1H3. The zero-order valence-electron chi connectivity index (χ0n) is 7.55. The maximum absolute atomic E-state index is 2.66. The predicted molar refractivity (Wildman–Crippen MR) is 47.6 cm³/mol. The molecule has 0 N–H and O–H groups in total. The van der Waals surface area contributed by atoms with E-state index in [1.54, 1.807) is 0 Å². The van der Waals surface area contributed by atoms with Crippen LogP contribution in [-0.2, 0) is 0 Å². The van der Waals surface area contributed by atoms with E-state index in [1.165, 1.54) is 45.3 Å². The van der Waals surface area contributed by atoms with Crippen LogP contribution in [0, 0.1) is 11.8 Å². The third-order valence-corrected chi connectivity index (χ3v) is 3.34. The van der Waals surface area contributed by atoms with E-state index in [9.17, 15) is 0 Å². The normalized spacial score (nSPS) is 37.9. The second-order valence-corrected chi connectivity index (χ2v) is 4.21. The highest BCUT2D eigenvalue weighted by Crippen LogP contribution is 2.37. The van der Waals surface area contributed by atoms with Crippen molar-refractivity contribution in [2.45, 2.75) is 32.6 Å². The average Bonchev–Trinajstić information content (AvgIpc) is 2.46. The summed E-state index contributed by atoms with van der Waals surface area (Å²) in [5.74, 6) is 2.17. The van der Waals surface area contributed by atoms with Crippen LogP contribution in [0.4, 0.5) is 0 Å². The number of likely N-dealkylation sites (tertiary alicyclic amines) is 1. The molecule has 1 saturated carbocycles. The molecule has 64 valence electrons. The summed E-state index contributed by atoms with van der Waals surface area (Å²) in [6.45, 7) is 6.46. The van der Waals surface area contributed by atoms with Crippen LogP contribution in [0.15, 0.2) is 0 Å². The van der Waals surface area contributed by atoms with Crippen LogP contribution >= 0.6 is 0 Å². The van der Waals surface area contributed by atoms with E-state index in [1.807, 2.05) is 0 Å². The first-order chi connectivity index (χ1) is 5.40. The van der Waals surface area contributed by atoms with Crippen molar-refractivity contribution in [1.82, 2.24) is 4.90 Å². The van der Waals surface area contributed by atoms with Gasteiger partial charge in [-0.3, -0.25) is 0 Å². The first kappa shape index (κ1) is 7.60. The van der Waals surface area contributed by atoms with Crippen molar-refractivity contribution in [2.24, 2.45) is 11.8 Å². The first-order valence-corrected chi connectivity index (χ1v) is 5.12. The third kappa shape index (κ3) is 1.44. The minimum Gasteiger partial charge on any atom is -0.303 e. The van der Waals surface area contributed by atoms with Crippen LogP contribution in [-0.4, -0.2) is 24.5 Å². The van der Waals surface area contributed by atoms with Crippen molar-refractivity contribution in [3.05, 3.63) is 0 Å². The largest absolute Gasteiger partial charge is 0.303 e. The molecule has 0 amide bonds. The van der Waals surface area contributed by atoms with Gasteiger partial charge in [-0.1, -0.05) is 13.3 Å². The highest BCUT2D eigenvalue weighted by atomic mass is 15.2. The molecule has 0 bridgehead atoms. The van der Waals surface area contributed by atoms with Gasteiger partial charge in [-0.2, -0.15) is 0 Å². The van der Waals surface area contributed by atoms with E-state index in [-0.39, 0.29) is 0 Å². The molecule has 2 fully saturated rings. The third-order valence-electron chi connectivity index (χ3n) is 3.34. The second-order valence-electron chi connectivity index (χ2n) is 4.21. The summed E-state index contributed by atoms with van der Waals surface area (Å²) in [6.07, 6.45) is 5.88. The number of rotatable bonds is 2. The zero-order chi connectivity index (χ0) is 7.68. The lowest BCUT2D eigenvalue weighted by Crippen LogP contribution is -2.22. The van der Waals surface area contributed by atoms with Gasteiger partial charge >= 0.3 is 0 Å². The Kier molecular flexibility index (Phi) is 2.17. The Morgan fingerprint density at radius 1 is 1.18 bits per heavy atom. The molecule has 1 saturated heterocycles. The van der Waals surface area contributed by atoms with Gasteiger partial charge in [0, 0.05) is 13.1 Å². The summed E-state index contributed by atoms with van der Waals surface area (Å²) in [6, 6.07) is 0. The van der Waals surface area contributed by atoms with Gasteiger partial charge in [-0.15, -0.1) is 0 Å². The van der Waals surface area contributed by atoms with Gasteiger partial charge in [-0.25, -0.2) is 0 Å². The molecule has 2 aliphatic rings. The Labute approximate surface area is 69.8 Å². The summed E-state index contributed by atoms with van der Waals surface area (Å²) < 4.78 is 0. The maximum Gasteiger partial charge on any atom is 0.00129 e. The molecule has 1 nitrogen and oxygen atoms in total. The minimum atomic E-state index is 1.08. The van der Waals surface area contributed by atoms with Crippen LogP contribution in [0.3, 0.4) is 0 Å². The number of hydrogen-bond acceptors (Lipinski definition) is 1. The lowest BCUT2D eigenvalue weighted by molar-refractivity contribution is 0.312. The van der Waals surface area contributed by atoms with E-state index in [2.05, 4.69) is 11.8 Å². The molecule has 2 rings (SSSR count). The average molecular weight is 153 g/mol. The molecule has 2 unspecified atom stereocenters. The molecule has 1 heterocycles. The summed E-state index contributed by atoms with van der Waals surface area (Å²) in [5, 5.41) is 0. The van der Waals surface area contributed by atoms with Gasteiger partial charge in [-0.05, 0) is 37.6 Å². The van der Waals surface area contributed by atoms with Crippen molar-refractivity contribution < 1.29 is 0 Å². The van der Waals surface area contributed by atoms with Crippen LogP contribution in [0.2, 0.25) is 0 Å². The van der Waals surface area contributed by atoms with Crippen molar-refractivity contribution in [3.8, 4) is 0 Å². The fourth-order valence-corrected chi connectivity index (χ4v) is 2.83. The molecule has 11 heavy (non-hydrogen) atoms. The van der Waals surface area contributed by atoms with Crippen molar-refractivity contribution >= 4 is 0 Å². The number of hydrogen-bond donors (Lipinski definition) is 0. The molecule has 0 aromatic heterocycles. The van der Waals surface area contributed by atoms with Gasteiger partial charge in [0.25, 0.3) is 0 Å². The van der Waals surface area contributed by atoms with Crippen LogP contribution in [0.1, 0.15) is 32.6 Å². The van der Waals surface area contributed by atoms with Crippen LogP contribution < -0.4 is 0 Å². The Bertz CT molecular complexity index is 121. The summed E-state index contributed by atoms with van der Waals surface area (Å²) in [5.41, 5.74) is 0. The molecule has 0 aromatic carbocycles. The van der Waals surface area contributed by atoms with Gasteiger partial charge in [0.2, 0.25) is 0 Å². The molecule has 2 atom stereocenters. The molecule has 0 radical (unpaired) electrons. The SMILES string of the molecule is CCCN1CC2CCCC2C1. The molecule has 0 spiro atoms. The fraction of sp³-hybridized carbons (Fsp3) is 1.00. The van der Waals surface area contributed by atoms with Gasteiger partial charge in [0.05, 0.1) is 0 Å². The lowest BCUT2D eigenvalue weighted by atomic mass is 10.0. The second kappa shape index (κ2) is 3.14. The van der Waals surface area contributed by atoms with Gasteiger partial charge < -0.3 is 4.90 Å². The Morgan fingerprint density at radius 3 is 2.36 bits per heavy atom. The van der Waals surface area contributed by atoms with E-state index < -0.39 is 0 Å². The molecule has 1 aliphatic heterocycles. The topological polar surface area (TPSA) is 3.24 Å². The summed E-state index contributed by atoms with van der Waals surface area (Å²) in [7, 11) is 0. The predicted octanol–water partition coefficient (Wildman–Crippen LogP) is 2.13. The quantitative estimate of drug-likeness (QED) is 0.587. The fourth-order valence-electron chi connectivity index (χ4n) is 2.83. The summed E-state index contributed by atoms with van der Waals surface area (Å²) >= 11 is 0. The number of fused-ring (bicyclic) bond motifs is 1. The number of nitrogens with zero attached hydrogens (tertiary/aromatic N) is 1. The molecule has 0 aromatic rings. The molecule has 1 aliphatic carbocycles. The van der Waals surface area contributed by atoms with Crippen molar-refractivity contribution in [3.63, 3.8) is 0 Å². The van der Waals surface area contributed by atoms with E-state index in [4.69, 9.17) is 0 Å². The van der Waals surface area contributed by atoms with Crippen LogP contribution in [0.5, 0.6) is 0 Å². The lowest BCUT2D eigenvalue weighted by Gasteiger charge is -2.14. The van der Waals surface area contributed by atoms with E-state index in [0.717, 1.165) is 11.8 Å². The molecular formula is C10H19N. The highest BCUT2D eigenvalue weighted by molar-refractivity contribution is 4.87. The maximum atomic E-state index is 2.66. The van der Waals surface area contributed by atoms with Crippen LogP contribution in [0.25, 0.3) is 0 Å². The Morgan fingerprint density at radius 2 is 1.82 bits per heavy atom. The van der Waals surface area contributed by atoms with Crippen molar-refractivity contribution in [2.75, 3.05) is 19.6 Å². The van der Waals surface area contributed by atoms with Gasteiger partial charge in [0.15, 0.2) is 0 Å². The Balaban J connectivity index is 1.84. The summed E-state index contributed by atoms with van der Waals surface area (Å²) in [4.78, 5) is 2.66.